The van der Waals surface area contributed by atoms with Gasteiger partial charge in [-0.1, -0.05) is 42.8 Å². The fourth-order valence-electron chi connectivity index (χ4n) is 4.82. The van der Waals surface area contributed by atoms with Gasteiger partial charge in [-0.25, -0.2) is 4.79 Å². The van der Waals surface area contributed by atoms with Crippen LogP contribution >= 0.6 is 0 Å². The molecule has 1 aliphatic rings. The first kappa shape index (κ1) is 26.6. The van der Waals surface area contributed by atoms with E-state index in [1.54, 1.807) is 6.20 Å². The van der Waals surface area contributed by atoms with Gasteiger partial charge in [-0.3, -0.25) is 14.7 Å². The Hall–Kier alpha value is -3.49. The maximum absolute atomic E-state index is 12.8. The molecule has 0 radical (unpaired) electrons. The van der Waals surface area contributed by atoms with Gasteiger partial charge < -0.3 is 19.8 Å². The van der Waals surface area contributed by atoms with Gasteiger partial charge in [-0.15, -0.1) is 0 Å². The number of benzene rings is 2. The molecular formula is C29H35N3O5. The predicted molar refractivity (Wildman–Crippen MR) is 141 cm³/mol. The molecule has 2 heterocycles. The summed E-state index contributed by atoms with van der Waals surface area (Å²) in [5, 5.41) is 21.2. The molecule has 0 bridgehead atoms. The third-order valence-electron chi connectivity index (χ3n) is 6.77. The number of aromatic nitrogens is 1. The summed E-state index contributed by atoms with van der Waals surface area (Å²) in [4.78, 5) is 32.5. The third kappa shape index (κ3) is 7.50. The number of aryl methyl sites for hydroxylation is 1. The van der Waals surface area contributed by atoms with Gasteiger partial charge in [0.05, 0.1) is 5.52 Å². The van der Waals surface area contributed by atoms with Crippen molar-refractivity contribution in [2.75, 3.05) is 32.8 Å². The molecule has 8 heteroatoms. The number of ether oxygens (including phenoxy) is 1. The van der Waals surface area contributed by atoms with Crippen LogP contribution in [0.4, 0.5) is 0 Å². The van der Waals surface area contributed by atoms with Crippen molar-refractivity contribution in [3.05, 3.63) is 72.4 Å². The van der Waals surface area contributed by atoms with E-state index < -0.39 is 18.1 Å². The molecule has 0 saturated carbocycles. The first-order valence-corrected chi connectivity index (χ1v) is 12.9. The minimum absolute atomic E-state index is 0.0773. The number of unbranched alkanes of at least 4 members (excludes halogenated alkanes) is 2. The summed E-state index contributed by atoms with van der Waals surface area (Å²) in [6.07, 6.45) is 4.94. The van der Waals surface area contributed by atoms with Crippen LogP contribution in [0.2, 0.25) is 0 Å². The number of pyridine rings is 1. The van der Waals surface area contributed by atoms with Crippen molar-refractivity contribution in [1.29, 1.82) is 0 Å². The molecule has 0 spiro atoms. The van der Waals surface area contributed by atoms with Gasteiger partial charge >= 0.3 is 5.97 Å². The number of aliphatic hydroxyl groups excluding tert-OH is 1. The van der Waals surface area contributed by atoms with Crippen molar-refractivity contribution in [3.8, 4) is 5.75 Å². The van der Waals surface area contributed by atoms with Crippen LogP contribution in [0.5, 0.6) is 5.75 Å². The van der Waals surface area contributed by atoms with E-state index in [-0.39, 0.29) is 25.6 Å². The summed E-state index contributed by atoms with van der Waals surface area (Å²) in [6, 6.07) is 18.7. The zero-order valence-corrected chi connectivity index (χ0v) is 21.0. The lowest BCUT2D eigenvalue weighted by Gasteiger charge is -2.40. The molecule has 1 amide bonds. The van der Waals surface area contributed by atoms with E-state index in [2.05, 4.69) is 17.1 Å². The summed E-state index contributed by atoms with van der Waals surface area (Å²) >= 11 is 0. The fraction of sp³-hybridized carbons (Fsp3) is 0.414. The summed E-state index contributed by atoms with van der Waals surface area (Å²) in [5.41, 5.74) is 2.10. The van der Waals surface area contributed by atoms with Crippen LogP contribution in [-0.2, 0) is 16.0 Å². The van der Waals surface area contributed by atoms with Gasteiger partial charge in [0.2, 0.25) is 5.91 Å². The minimum Gasteiger partial charge on any atom is -0.490 e. The molecule has 0 aliphatic carbocycles. The van der Waals surface area contributed by atoms with Crippen molar-refractivity contribution >= 4 is 22.8 Å². The summed E-state index contributed by atoms with van der Waals surface area (Å²) < 4.78 is 5.85. The Kier molecular flexibility index (Phi) is 9.46. The topological polar surface area (TPSA) is 103 Å². The molecule has 196 valence electrons. The highest BCUT2D eigenvalue weighted by atomic mass is 16.5. The third-order valence-corrected chi connectivity index (χ3v) is 6.77. The zero-order valence-electron chi connectivity index (χ0n) is 21.0. The number of carbonyl (C=O) groups excluding carboxylic acids is 1. The number of carbonyl (C=O) groups is 2. The average Bonchev–Trinajstić information content (AvgIpc) is 2.92. The van der Waals surface area contributed by atoms with Crippen LogP contribution in [0, 0.1) is 0 Å². The molecule has 37 heavy (non-hydrogen) atoms. The Morgan fingerprint density at radius 1 is 1.00 bits per heavy atom. The predicted octanol–water partition coefficient (Wildman–Crippen LogP) is 3.38. The quantitative estimate of drug-likeness (QED) is 0.364. The van der Waals surface area contributed by atoms with Crippen LogP contribution in [0.1, 0.15) is 31.2 Å². The number of β-amino-alcohol motifs (C(OH)–C–C–N with tert-alkyl or cyclic N) is 1. The van der Waals surface area contributed by atoms with E-state index >= 15 is 0 Å². The molecule has 1 fully saturated rings. The number of hydrogen-bond acceptors (Lipinski definition) is 6. The van der Waals surface area contributed by atoms with Gasteiger partial charge in [0, 0.05) is 44.2 Å². The summed E-state index contributed by atoms with van der Waals surface area (Å²) in [6.45, 7) is 1.38. The van der Waals surface area contributed by atoms with Crippen molar-refractivity contribution in [1.82, 2.24) is 14.8 Å². The number of piperazine rings is 1. The van der Waals surface area contributed by atoms with E-state index in [4.69, 9.17) is 4.74 Å². The number of carboxylic acids is 1. The second-order valence-corrected chi connectivity index (χ2v) is 9.54. The van der Waals surface area contributed by atoms with Gasteiger partial charge in [-0.2, -0.15) is 0 Å². The van der Waals surface area contributed by atoms with E-state index in [9.17, 15) is 19.8 Å². The molecular weight excluding hydrogens is 470 g/mol. The van der Waals surface area contributed by atoms with E-state index in [1.807, 2.05) is 53.4 Å². The number of aliphatic hydroxyl groups is 1. The number of amides is 1. The Morgan fingerprint density at radius 2 is 1.84 bits per heavy atom. The Morgan fingerprint density at radius 3 is 2.65 bits per heavy atom. The highest BCUT2D eigenvalue weighted by molar-refractivity contribution is 5.85. The first-order chi connectivity index (χ1) is 18.0. The maximum Gasteiger partial charge on any atom is 0.327 e. The second-order valence-electron chi connectivity index (χ2n) is 9.54. The molecule has 2 atom stereocenters. The largest absolute Gasteiger partial charge is 0.490 e. The highest BCUT2D eigenvalue weighted by Crippen LogP contribution is 2.24. The molecule has 3 aromatic rings. The maximum atomic E-state index is 12.8. The summed E-state index contributed by atoms with van der Waals surface area (Å²) in [7, 11) is 0. The standard InChI is InChI=1S/C29H35N3O5/c33-23(21-37-27-14-7-13-25-24(27)12-8-16-30-25)19-31-17-18-32(26(20-31)29(35)36)28(34)15-6-2-5-11-22-9-3-1-4-10-22/h1,3-4,7-10,12-14,16,23,26,33H,2,5-6,11,15,17-21H2,(H,35,36)/t23-,26?/m1/s1. The number of aliphatic carboxylic acids is 1. The molecule has 1 aromatic heterocycles. The van der Waals surface area contributed by atoms with Gasteiger partial charge in [0.1, 0.15) is 24.5 Å². The van der Waals surface area contributed by atoms with Gasteiger partial charge in [0.15, 0.2) is 0 Å². The van der Waals surface area contributed by atoms with E-state index in [0.29, 0.717) is 25.3 Å². The lowest BCUT2D eigenvalue weighted by atomic mass is 10.1. The molecule has 4 rings (SSSR count). The first-order valence-electron chi connectivity index (χ1n) is 12.9. The monoisotopic (exact) mass is 505 g/mol. The Bertz CT molecular complexity index is 1170. The normalized spacial score (nSPS) is 17.0. The molecule has 1 unspecified atom stereocenters. The van der Waals surface area contributed by atoms with Crippen molar-refractivity contribution < 1.29 is 24.5 Å². The number of hydrogen-bond donors (Lipinski definition) is 2. The molecule has 2 N–H and O–H groups in total. The smallest absolute Gasteiger partial charge is 0.327 e. The second kappa shape index (κ2) is 13.2. The van der Waals surface area contributed by atoms with Crippen molar-refractivity contribution in [2.24, 2.45) is 0 Å². The molecule has 1 saturated heterocycles. The fourth-order valence-corrected chi connectivity index (χ4v) is 4.82. The SMILES string of the molecule is O=C(O)C1CN(C[C@@H](O)COc2cccc3ncccc23)CCN1C(=O)CCCCCc1ccccc1. The van der Waals surface area contributed by atoms with Gasteiger partial charge in [0.25, 0.3) is 0 Å². The van der Waals surface area contributed by atoms with Crippen LogP contribution in [0.3, 0.4) is 0 Å². The average molecular weight is 506 g/mol. The van der Waals surface area contributed by atoms with Crippen molar-refractivity contribution in [3.63, 3.8) is 0 Å². The Labute approximate surface area is 217 Å². The highest BCUT2D eigenvalue weighted by Gasteiger charge is 2.35. The van der Waals surface area contributed by atoms with Crippen LogP contribution in [-0.4, -0.2) is 81.8 Å². The number of fused-ring (bicyclic) bond motifs is 1. The minimum atomic E-state index is -1.02. The number of rotatable bonds is 12. The lowest BCUT2D eigenvalue weighted by molar-refractivity contribution is -0.154. The van der Waals surface area contributed by atoms with E-state index in [1.165, 1.54) is 10.5 Å². The van der Waals surface area contributed by atoms with Crippen LogP contribution in [0.25, 0.3) is 10.9 Å². The molecule has 1 aliphatic heterocycles. The Balaban J connectivity index is 1.21. The van der Waals surface area contributed by atoms with Crippen molar-refractivity contribution in [2.45, 2.75) is 44.2 Å². The summed E-state index contributed by atoms with van der Waals surface area (Å²) in [5.74, 6) is -0.483. The van der Waals surface area contributed by atoms with Gasteiger partial charge in [-0.05, 0) is 49.1 Å². The lowest BCUT2D eigenvalue weighted by Crippen LogP contribution is -2.59. The van der Waals surface area contributed by atoms with E-state index in [0.717, 1.165) is 36.6 Å². The zero-order chi connectivity index (χ0) is 26.0. The van der Waals surface area contributed by atoms with Crippen LogP contribution in [0.15, 0.2) is 66.9 Å². The number of nitrogens with zero attached hydrogens (tertiary/aromatic N) is 3. The van der Waals surface area contributed by atoms with Crippen LogP contribution < -0.4 is 4.74 Å². The molecule has 2 aromatic carbocycles. The molecule has 8 nitrogen and oxygen atoms in total. The number of carboxylic acid groups (broad SMARTS) is 1.